The highest BCUT2D eigenvalue weighted by atomic mass is 79.9. The van der Waals surface area contributed by atoms with Crippen molar-refractivity contribution in [2.75, 3.05) is 7.11 Å². The van der Waals surface area contributed by atoms with Gasteiger partial charge in [0.05, 0.1) is 12.8 Å². The van der Waals surface area contributed by atoms with Gasteiger partial charge in [0.1, 0.15) is 6.33 Å². The van der Waals surface area contributed by atoms with Crippen LogP contribution in [0.1, 0.15) is 32.4 Å². The molecular weight excluding hydrogens is 256 g/mol. The van der Waals surface area contributed by atoms with E-state index in [9.17, 15) is 0 Å². The van der Waals surface area contributed by atoms with E-state index in [0.29, 0.717) is 22.5 Å². The highest BCUT2D eigenvalue weighted by Crippen LogP contribution is 2.31. The van der Waals surface area contributed by atoms with Crippen LogP contribution in [0.4, 0.5) is 0 Å². The van der Waals surface area contributed by atoms with Crippen molar-refractivity contribution >= 4 is 15.9 Å². The van der Waals surface area contributed by atoms with Gasteiger partial charge in [-0.15, -0.1) is 0 Å². The summed E-state index contributed by atoms with van der Waals surface area (Å²) < 4.78 is 5.10. The molecule has 0 spiro atoms. The number of alkyl halides is 1. The molecule has 0 aliphatic rings. The summed E-state index contributed by atoms with van der Waals surface area (Å²) in [5.41, 5.74) is 1.03. The molecule has 1 rings (SSSR count). The van der Waals surface area contributed by atoms with E-state index in [-0.39, 0.29) is 0 Å². The van der Waals surface area contributed by atoms with Crippen LogP contribution in [0.5, 0.6) is 5.88 Å². The summed E-state index contributed by atoms with van der Waals surface area (Å²) in [4.78, 5) is 8.71. The van der Waals surface area contributed by atoms with Crippen LogP contribution < -0.4 is 4.74 Å². The Morgan fingerprint density at radius 1 is 1.27 bits per heavy atom. The molecule has 0 radical (unpaired) electrons. The molecule has 1 heterocycles. The third-order valence-corrected chi connectivity index (χ3v) is 3.00. The summed E-state index contributed by atoms with van der Waals surface area (Å²) in [5.74, 6) is 1.53. The molecule has 3 nitrogen and oxygen atoms in total. The van der Waals surface area contributed by atoms with E-state index in [1.54, 1.807) is 13.4 Å². The predicted octanol–water partition coefficient (Wildman–Crippen LogP) is 3.01. The van der Waals surface area contributed by atoms with Crippen LogP contribution in [-0.2, 0) is 0 Å². The number of hydrogen-bond acceptors (Lipinski definition) is 3. The van der Waals surface area contributed by atoms with Gasteiger partial charge in [-0.05, 0) is 5.92 Å². The Bertz CT molecular complexity index is 307. The first-order valence-electron chi connectivity index (χ1n) is 5.06. The van der Waals surface area contributed by atoms with Crippen molar-refractivity contribution < 1.29 is 4.74 Å². The first-order chi connectivity index (χ1) is 7.06. The molecule has 0 N–H and O–H groups in total. The SMILES string of the molecule is COc1cc(C(C(C)C)C(C)Br)ncn1. The van der Waals surface area contributed by atoms with Crippen LogP contribution in [0.3, 0.4) is 0 Å². The zero-order chi connectivity index (χ0) is 11.4. The predicted molar refractivity (Wildman–Crippen MR) is 64.6 cm³/mol. The lowest BCUT2D eigenvalue weighted by atomic mass is 9.90. The molecule has 84 valence electrons. The molecule has 0 amide bonds. The van der Waals surface area contributed by atoms with Crippen molar-refractivity contribution in [3.8, 4) is 5.88 Å². The molecule has 15 heavy (non-hydrogen) atoms. The maximum atomic E-state index is 5.10. The standard InChI is InChI=1S/C11H17BrN2O/c1-7(2)11(8(3)12)9-5-10(15-4)14-6-13-9/h5-8,11H,1-4H3. The molecule has 2 unspecified atom stereocenters. The Morgan fingerprint density at radius 3 is 2.40 bits per heavy atom. The fourth-order valence-electron chi connectivity index (χ4n) is 1.75. The Kier molecular flexibility index (Phi) is 4.51. The quantitative estimate of drug-likeness (QED) is 0.791. The van der Waals surface area contributed by atoms with Gasteiger partial charge in [-0.3, -0.25) is 0 Å². The number of halogens is 1. The Hall–Kier alpha value is -0.640. The lowest BCUT2D eigenvalue weighted by Gasteiger charge is -2.22. The van der Waals surface area contributed by atoms with Crippen LogP contribution in [0.25, 0.3) is 0 Å². The largest absolute Gasteiger partial charge is 0.481 e. The van der Waals surface area contributed by atoms with Crippen molar-refractivity contribution in [1.29, 1.82) is 0 Å². The van der Waals surface area contributed by atoms with Crippen LogP contribution in [0.2, 0.25) is 0 Å². The van der Waals surface area contributed by atoms with Gasteiger partial charge in [0.15, 0.2) is 0 Å². The summed E-state index contributed by atoms with van der Waals surface area (Å²) in [6.07, 6.45) is 1.55. The first-order valence-corrected chi connectivity index (χ1v) is 5.97. The Morgan fingerprint density at radius 2 is 1.93 bits per heavy atom. The molecule has 0 fully saturated rings. The lowest BCUT2D eigenvalue weighted by molar-refractivity contribution is 0.392. The zero-order valence-corrected chi connectivity index (χ0v) is 11.2. The maximum Gasteiger partial charge on any atom is 0.216 e. The lowest BCUT2D eigenvalue weighted by Crippen LogP contribution is -2.17. The molecule has 0 bridgehead atoms. The van der Waals surface area contributed by atoms with Crippen LogP contribution in [0, 0.1) is 5.92 Å². The molecule has 0 aromatic carbocycles. The molecule has 0 aliphatic heterocycles. The van der Waals surface area contributed by atoms with Gasteiger partial charge in [-0.1, -0.05) is 36.7 Å². The molecule has 1 aromatic heterocycles. The van der Waals surface area contributed by atoms with E-state index < -0.39 is 0 Å². The summed E-state index contributed by atoms with van der Waals surface area (Å²) in [6, 6.07) is 1.91. The number of ether oxygens (including phenoxy) is 1. The van der Waals surface area contributed by atoms with Crippen LogP contribution >= 0.6 is 15.9 Å². The van der Waals surface area contributed by atoms with E-state index >= 15 is 0 Å². The molecule has 2 atom stereocenters. The van der Waals surface area contributed by atoms with E-state index in [1.807, 2.05) is 6.07 Å². The number of rotatable bonds is 4. The van der Waals surface area contributed by atoms with E-state index in [1.165, 1.54) is 0 Å². The van der Waals surface area contributed by atoms with E-state index in [4.69, 9.17) is 4.74 Å². The Balaban J connectivity index is 3.00. The molecule has 0 saturated carbocycles. The molecule has 0 saturated heterocycles. The van der Waals surface area contributed by atoms with Gasteiger partial charge >= 0.3 is 0 Å². The van der Waals surface area contributed by atoms with E-state index in [2.05, 4.69) is 46.7 Å². The van der Waals surface area contributed by atoms with E-state index in [0.717, 1.165) is 5.69 Å². The first kappa shape index (κ1) is 12.4. The molecule has 0 aliphatic carbocycles. The van der Waals surface area contributed by atoms with Gasteiger partial charge < -0.3 is 4.74 Å². The summed E-state index contributed by atoms with van der Waals surface area (Å²) >= 11 is 3.62. The number of hydrogen-bond donors (Lipinski definition) is 0. The second-order valence-electron chi connectivity index (χ2n) is 3.93. The minimum atomic E-state index is 0.377. The van der Waals surface area contributed by atoms with Crippen molar-refractivity contribution in [2.45, 2.75) is 31.5 Å². The molecule has 1 aromatic rings. The van der Waals surface area contributed by atoms with Gasteiger partial charge in [0.25, 0.3) is 0 Å². The Labute approximate surface area is 99.4 Å². The monoisotopic (exact) mass is 272 g/mol. The zero-order valence-electron chi connectivity index (χ0n) is 9.57. The van der Waals surface area contributed by atoms with Crippen molar-refractivity contribution in [3.05, 3.63) is 18.1 Å². The minimum absolute atomic E-state index is 0.377. The fraction of sp³-hybridized carbons (Fsp3) is 0.636. The van der Waals surface area contributed by atoms with Gasteiger partial charge in [-0.25, -0.2) is 9.97 Å². The highest BCUT2D eigenvalue weighted by molar-refractivity contribution is 9.09. The molecular formula is C11H17BrN2O. The normalized spacial score (nSPS) is 15.1. The maximum absolute atomic E-state index is 5.10. The van der Waals surface area contributed by atoms with Crippen LogP contribution in [-0.4, -0.2) is 21.9 Å². The second-order valence-corrected chi connectivity index (χ2v) is 5.38. The van der Waals surface area contributed by atoms with Crippen molar-refractivity contribution in [1.82, 2.24) is 9.97 Å². The van der Waals surface area contributed by atoms with Crippen molar-refractivity contribution in [3.63, 3.8) is 0 Å². The topological polar surface area (TPSA) is 35.0 Å². The second kappa shape index (κ2) is 5.45. The number of nitrogens with zero attached hydrogens (tertiary/aromatic N) is 2. The average molecular weight is 273 g/mol. The smallest absolute Gasteiger partial charge is 0.216 e. The fourth-order valence-corrected chi connectivity index (χ4v) is 2.64. The van der Waals surface area contributed by atoms with Gasteiger partial charge in [-0.2, -0.15) is 0 Å². The van der Waals surface area contributed by atoms with Gasteiger partial charge in [0.2, 0.25) is 5.88 Å². The van der Waals surface area contributed by atoms with Crippen molar-refractivity contribution in [2.24, 2.45) is 5.92 Å². The third kappa shape index (κ3) is 3.16. The minimum Gasteiger partial charge on any atom is -0.481 e. The van der Waals surface area contributed by atoms with Gasteiger partial charge in [0, 0.05) is 16.8 Å². The summed E-state index contributed by atoms with van der Waals surface area (Å²) in [6.45, 7) is 6.52. The summed E-state index contributed by atoms with van der Waals surface area (Å²) in [5, 5.41) is 0. The number of aromatic nitrogens is 2. The third-order valence-electron chi connectivity index (χ3n) is 2.43. The highest BCUT2D eigenvalue weighted by Gasteiger charge is 2.22. The number of methoxy groups -OCH3 is 1. The molecule has 4 heteroatoms. The average Bonchev–Trinajstić information content (AvgIpc) is 2.17. The summed E-state index contributed by atoms with van der Waals surface area (Å²) in [7, 11) is 1.62. The van der Waals surface area contributed by atoms with Crippen LogP contribution in [0.15, 0.2) is 12.4 Å².